The molecule has 0 radical (unpaired) electrons. The van der Waals surface area contributed by atoms with E-state index < -0.39 is 0 Å². The second kappa shape index (κ2) is 8.60. The monoisotopic (exact) mass is 346 g/mol. The van der Waals surface area contributed by atoms with Crippen LogP contribution in [0.25, 0.3) is 0 Å². The maximum Gasteiger partial charge on any atom is 0.224 e. The molecule has 0 aromatic heterocycles. The average molecular weight is 347 g/mol. The van der Waals surface area contributed by atoms with E-state index in [0.29, 0.717) is 19.4 Å². The summed E-state index contributed by atoms with van der Waals surface area (Å²) in [6.07, 6.45) is 1.07. The van der Waals surface area contributed by atoms with E-state index in [4.69, 9.17) is 16.3 Å². The number of hydrogen-bond acceptors (Lipinski definition) is 3. The quantitative estimate of drug-likeness (QED) is 0.750. The highest BCUT2D eigenvalue weighted by Crippen LogP contribution is 2.21. The van der Waals surface area contributed by atoms with Crippen LogP contribution in [0, 0.1) is 6.92 Å². The normalized spacial score (nSPS) is 10.3. The van der Waals surface area contributed by atoms with Crippen LogP contribution in [0.3, 0.4) is 0 Å². The molecule has 0 saturated carbocycles. The van der Waals surface area contributed by atoms with Gasteiger partial charge in [0.2, 0.25) is 5.91 Å². The fraction of sp³-hybridized carbons (Fsp3) is 0.316. The third-order valence-corrected chi connectivity index (χ3v) is 4.04. The molecule has 0 unspecified atom stereocenters. The van der Waals surface area contributed by atoms with E-state index in [1.807, 2.05) is 68.4 Å². The molecule has 5 heteroatoms. The molecular formula is C19H23ClN2O2. The molecule has 0 aliphatic rings. The number of rotatable bonds is 7. The maximum atomic E-state index is 11.9. The maximum absolute atomic E-state index is 11.9. The van der Waals surface area contributed by atoms with Gasteiger partial charge >= 0.3 is 0 Å². The molecule has 2 aromatic rings. The number of aryl methyl sites for hydroxylation is 1. The van der Waals surface area contributed by atoms with E-state index in [2.05, 4.69) is 5.32 Å². The predicted molar refractivity (Wildman–Crippen MR) is 100 cm³/mol. The van der Waals surface area contributed by atoms with Crippen LogP contribution in [-0.4, -0.2) is 26.6 Å². The van der Waals surface area contributed by atoms with Crippen LogP contribution < -0.4 is 15.0 Å². The van der Waals surface area contributed by atoms with Crippen molar-refractivity contribution < 1.29 is 9.53 Å². The fourth-order valence-electron chi connectivity index (χ4n) is 2.20. The second-order valence-corrected chi connectivity index (χ2v) is 6.26. The lowest BCUT2D eigenvalue weighted by atomic mass is 10.2. The van der Waals surface area contributed by atoms with E-state index >= 15 is 0 Å². The zero-order chi connectivity index (χ0) is 17.5. The van der Waals surface area contributed by atoms with Gasteiger partial charge in [0.25, 0.3) is 0 Å². The van der Waals surface area contributed by atoms with Gasteiger partial charge in [0, 0.05) is 36.9 Å². The summed E-state index contributed by atoms with van der Waals surface area (Å²) in [6, 6.07) is 13.3. The van der Waals surface area contributed by atoms with Gasteiger partial charge in [0.1, 0.15) is 5.75 Å². The van der Waals surface area contributed by atoms with Gasteiger partial charge < -0.3 is 15.0 Å². The van der Waals surface area contributed by atoms with Crippen LogP contribution in [0.2, 0.25) is 5.02 Å². The highest BCUT2D eigenvalue weighted by Gasteiger charge is 2.04. The largest absolute Gasteiger partial charge is 0.494 e. The van der Waals surface area contributed by atoms with Crippen LogP contribution in [0.1, 0.15) is 18.4 Å². The zero-order valence-electron chi connectivity index (χ0n) is 14.3. The Kier molecular flexibility index (Phi) is 6.50. The molecule has 2 aromatic carbocycles. The van der Waals surface area contributed by atoms with E-state index in [1.165, 1.54) is 0 Å². The lowest BCUT2D eigenvalue weighted by molar-refractivity contribution is -0.116. The summed E-state index contributed by atoms with van der Waals surface area (Å²) < 4.78 is 5.64. The number of carbonyl (C=O) groups is 1. The summed E-state index contributed by atoms with van der Waals surface area (Å²) in [6.45, 7) is 2.43. The minimum absolute atomic E-state index is 0.0107. The standard InChI is InChI=1S/C19H23ClN2O2/c1-14-13-17(10-11-18(14)20)24-12-4-5-19(23)21-15-6-8-16(9-7-15)22(2)3/h6-11,13H,4-5,12H2,1-3H3,(H,21,23). The molecule has 0 saturated heterocycles. The van der Waals surface area contributed by atoms with Gasteiger partial charge in [-0.3, -0.25) is 4.79 Å². The number of nitrogens with one attached hydrogen (secondary N) is 1. The summed E-state index contributed by atoms with van der Waals surface area (Å²) in [5.74, 6) is 0.764. The Morgan fingerprint density at radius 1 is 1.17 bits per heavy atom. The van der Waals surface area contributed by atoms with Gasteiger partial charge in [-0.25, -0.2) is 0 Å². The molecule has 4 nitrogen and oxygen atoms in total. The van der Waals surface area contributed by atoms with Crippen molar-refractivity contribution >= 4 is 28.9 Å². The summed E-state index contributed by atoms with van der Waals surface area (Å²) in [4.78, 5) is 14.0. The van der Waals surface area contributed by atoms with Crippen molar-refractivity contribution in [3.05, 3.63) is 53.1 Å². The molecular weight excluding hydrogens is 324 g/mol. The Bertz CT molecular complexity index is 684. The van der Waals surface area contributed by atoms with Gasteiger partial charge in [-0.1, -0.05) is 11.6 Å². The Labute approximate surface area is 148 Å². The first kappa shape index (κ1) is 18.1. The molecule has 128 valence electrons. The predicted octanol–water partition coefficient (Wildman–Crippen LogP) is 4.51. The molecule has 2 rings (SSSR count). The number of amides is 1. The van der Waals surface area contributed by atoms with Crippen molar-refractivity contribution in [2.45, 2.75) is 19.8 Å². The Balaban J connectivity index is 1.72. The first-order chi connectivity index (χ1) is 11.5. The van der Waals surface area contributed by atoms with Gasteiger partial charge in [0.15, 0.2) is 0 Å². The molecule has 24 heavy (non-hydrogen) atoms. The molecule has 0 bridgehead atoms. The van der Waals surface area contributed by atoms with Crippen molar-refractivity contribution in [3.63, 3.8) is 0 Å². The number of halogens is 1. The Hall–Kier alpha value is -2.20. The smallest absolute Gasteiger partial charge is 0.224 e. The molecule has 0 spiro atoms. The third kappa shape index (κ3) is 5.46. The number of carbonyl (C=O) groups excluding carboxylic acids is 1. The van der Waals surface area contributed by atoms with Gasteiger partial charge in [-0.05, 0) is 61.4 Å². The van der Waals surface area contributed by atoms with E-state index in [1.54, 1.807) is 0 Å². The highest BCUT2D eigenvalue weighted by molar-refractivity contribution is 6.31. The molecule has 0 heterocycles. The Morgan fingerprint density at radius 3 is 2.50 bits per heavy atom. The van der Waals surface area contributed by atoms with Gasteiger partial charge in [-0.2, -0.15) is 0 Å². The summed E-state index contributed by atoms with van der Waals surface area (Å²) in [7, 11) is 3.96. The lowest BCUT2D eigenvalue weighted by Gasteiger charge is -2.13. The first-order valence-corrected chi connectivity index (χ1v) is 8.29. The van der Waals surface area contributed by atoms with E-state index in [-0.39, 0.29) is 5.91 Å². The number of benzene rings is 2. The third-order valence-electron chi connectivity index (χ3n) is 3.61. The number of hydrogen-bond donors (Lipinski definition) is 1. The second-order valence-electron chi connectivity index (χ2n) is 5.85. The van der Waals surface area contributed by atoms with Crippen molar-refractivity contribution in [1.82, 2.24) is 0 Å². The van der Waals surface area contributed by atoms with E-state index in [9.17, 15) is 4.79 Å². The molecule has 1 amide bonds. The van der Waals surface area contributed by atoms with Crippen molar-refractivity contribution in [2.24, 2.45) is 0 Å². The van der Waals surface area contributed by atoms with Crippen LogP contribution in [-0.2, 0) is 4.79 Å². The van der Waals surface area contributed by atoms with Gasteiger partial charge in [0.05, 0.1) is 6.61 Å². The lowest BCUT2D eigenvalue weighted by Crippen LogP contribution is -2.13. The number of ether oxygens (including phenoxy) is 1. The fourth-order valence-corrected chi connectivity index (χ4v) is 2.31. The Morgan fingerprint density at radius 2 is 1.88 bits per heavy atom. The van der Waals surface area contributed by atoms with Crippen LogP contribution in [0.5, 0.6) is 5.75 Å². The van der Waals surface area contributed by atoms with Crippen LogP contribution >= 0.6 is 11.6 Å². The number of nitrogens with zero attached hydrogens (tertiary/aromatic N) is 1. The summed E-state index contributed by atoms with van der Waals surface area (Å²) >= 11 is 5.98. The van der Waals surface area contributed by atoms with Gasteiger partial charge in [-0.15, -0.1) is 0 Å². The highest BCUT2D eigenvalue weighted by atomic mass is 35.5. The van der Waals surface area contributed by atoms with E-state index in [0.717, 1.165) is 27.7 Å². The molecule has 0 atom stereocenters. The number of anilines is 2. The minimum atomic E-state index is -0.0107. The SMILES string of the molecule is Cc1cc(OCCCC(=O)Nc2ccc(N(C)C)cc2)ccc1Cl. The zero-order valence-corrected chi connectivity index (χ0v) is 15.1. The minimum Gasteiger partial charge on any atom is -0.494 e. The molecule has 0 aliphatic heterocycles. The average Bonchev–Trinajstić information content (AvgIpc) is 2.55. The summed E-state index contributed by atoms with van der Waals surface area (Å²) in [5.41, 5.74) is 2.88. The summed E-state index contributed by atoms with van der Waals surface area (Å²) in [5, 5.41) is 3.62. The first-order valence-electron chi connectivity index (χ1n) is 7.92. The van der Waals surface area contributed by atoms with Crippen molar-refractivity contribution in [1.29, 1.82) is 0 Å². The molecule has 1 N–H and O–H groups in total. The van der Waals surface area contributed by atoms with Crippen LogP contribution in [0.4, 0.5) is 11.4 Å². The van der Waals surface area contributed by atoms with Crippen molar-refractivity contribution in [2.75, 3.05) is 30.9 Å². The topological polar surface area (TPSA) is 41.6 Å². The molecule has 0 fully saturated rings. The molecule has 0 aliphatic carbocycles. The van der Waals surface area contributed by atoms with Crippen molar-refractivity contribution in [3.8, 4) is 5.75 Å². The van der Waals surface area contributed by atoms with Crippen LogP contribution in [0.15, 0.2) is 42.5 Å².